The molecule has 2 bridgehead atoms. The Morgan fingerprint density at radius 3 is 2.92 bits per heavy atom. The molecule has 2 saturated carbocycles. The number of hydrogen-bond acceptors (Lipinski definition) is 2. The average molecular weight is 183 g/mol. The fraction of sp³-hybridized carbons (Fsp3) is 1.00. The molecule has 0 aromatic carbocycles. The Balaban J connectivity index is 1.81. The van der Waals surface area contributed by atoms with Gasteiger partial charge in [-0.1, -0.05) is 0 Å². The third-order valence-corrected chi connectivity index (χ3v) is 5.55. The van der Waals surface area contributed by atoms with Gasteiger partial charge in [-0.15, -0.1) is 11.8 Å². The monoisotopic (exact) mass is 183 g/mol. The van der Waals surface area contributed by atoms with Crippen molar-refractivity contribution in [2.75, 3.05) is 12.3 Å². The van der Waals surface area contributed by atoms with E-state index in [-0.39, 0.29) is 0 Å². The van der Waals surface area contributed by atoms with Crippen molar-refractivity contribution in [1.82, 2.24) is 5.32 Å². The van der Waals surface area contributed by atoms with Crippen LogP contribution in [0.25, 0.3) is 0 Å². The van der Waals surface area contributed by atoms with Gasteiger partial charge in [0.25, 0.3) is 0 Å². The number of thioether (sulfide) groups is 1. The Kier molecular flexibility index (Phi) is 1.70. The van der Waals surface area contributed by atoms with Crippen molar-refractivity contribution >= 4 is 11.8 Å². The van der Waals surface area contributed by atoms with Crippen LogP contribution in [0.5, 0.6) is 0 Å². The van der Waals surface area contributed by atoms with Gasteiger partial charge in [0.2, 0.25) is 0 Å². The lowest BCUT2D eigenvalue weighted by molar-refractivity contribution is 0.309. The van der Waals surface area contributed by atoms with Gasteiger partial charge in [-0.2, -0.15) is 0 Å². The van der Waals surface area contributed by atoms with Crippen molar-refractivity contribution in [3.05, 3.63) is 0 Å². The van der Waals surface area contributed by atoms with Gasteiger partial charge in [-0.3, -0.25) is 0 Å². The van der Waals surface area contributed by atoms with Crippen LogP contribution in [0, 0.1) is 11.8 Å². The molecule has 3 atom stereocenters. The second kappa shape index (κ2) is 2.65. The summed E-state index contributed by atoms with van der Waals surface area (Å²) in [7, 11) is 0. The van der Waals surface area contributed by atoms with Crippen LogP contribution in [0.15, 0.2) is 0 Å². The highest BCUT2D eigenvalue weighted by molar-refractivity contribution is 8.00. The smallest absolute Gasteiger partial charge is 0.0676 e. The zero-order chi connectivity index (χ0) is 8.02. The summed E-state index contributed by atoms with van der Waals surface area (Å²) < 4.78 is 0. The molecule has 0 radical (unpaired) electrons. The molecule has 1 heterocycles. The topological polar surface area (TPSA) is 12.0 Å². The molecule has 1 saturated heterocycles. The third-order valence-electron chi connectivity index (χ3n) is 3.90. The molecule has 0 aromatic rings. The van der Waals surface area contributed by atoms with E-state index in [0.717, 1.165) is 11.8 Å². The van der Waals surface area contributed by atoms with Crippen molar-refractivity contribution in [1.29, 1.82) is 0 Å². The molecule has 1 nitrogen and oxygen atoms in total. The number of rotatable bonds is 0. The number of nitrogens with one attached hydrogen (secondary N) is 1. The molecule has 1 N–H and O–H groups in total. The van der Waals surface area contributed by atoms with E-state index in [1.165, 1.54) is 44.4 Å². The summed E-state index contributed by atoms with van der Waals surface area (Å²) >= 11 is 2.23. The van der Waals surface area contributed by atoms with Crippen LogP contribution in [0.1, 0.15) is 32.1 Å². The SMILES string of the molecule is C1CNC2(CC3CCC2C3)SC1. The maximum atomic E-state index is 3.79. The lowest BCUT2D eigenvalue weighted by atomic mass is 9.94. The van der Waals surface area contributed by atoms with Gasteiger partial charge in [0.05, 0.1) is 4.87 Å². The molecule has 0 amide bonds. The van der Waals surface area contributed by atoms with Crippen LogP contribution >= 0.6 is 11.8 Å². The fourth-order valence-corrected chi connectivity index (χ4v) is 5.01. The molecular weight excluding hydrogens is 166 g/mol. The molecule has 68 valence electrons. The minimum absolute atomic E-state index is 0.557. The van der Waals surface area contributed by atoms with Gasteiger partial charge in [-0.05, 0) is 56.2 Å². The molecule has 3 fully saturated rings. The molecule has 12 heavy (non-hydrogen) atoms. The summed E-state index contributed by atoms with van der Waals surface area (Å²) in [6, 6.07) is 0. The van der Waals surface area contributed by atoms with E-state index in [4.69, 9.17) is 0 Å². The van der Waals surface area contributed by atoms with E-state index in [1.807, 2.05) is 0 Å². The largest absolute Gasteiger partial charge is 0.303 e. The molecule has 3 rings (SSSR count). The minimum Gasteiger partial charge on any atom is -0.303 e. The van der Waals surface area contributed by atoms with E-state index in [0.29, 0.717) is 4.87 Å². The quantitative estimate of drug-likeness (QED) is 0.618. The lowest BCUT2D eigenvalue weighted by Crippen LogP contribution is -2.49. The summed E-state index contributed by atoms with van der Waals surface area (Å²) in [6.07, 6.45) is 7.41. The van der Waals surface area contributed by atoms with Crippen molar-refractivity contribution in [3.8, 4) is 0 Å². The Hall–Kier alpha value is 0.310. The van der Waals surface area contributed by atoms with Gasteiger partial charge < -0.3 is 5.32 Å². The molecule has 3 aliphatic rings. The molecule has 0 aromatic heterocycles. The first-order valence-electron chi connectivity index (χ1n) is 5.28. The van der Waals surface area contributed by atoms with Crippen molar-refractivity contribution < 1.29 is 0 Å². The maximum absolute atomic E-state index is 3.79. The minimum atomic E-state index is 0.557. The van der Waals surface area contributed by atoms with Gasteiger partial charge >= 0.3 is 0 Å². The Morgan fingerprint density at radius 1 is 1.33 bits per heavy atom. The zero-order valence-corrected chi connectivity index (χ0v) is 8.33. The van der Waals surface area contributed by atoms with E-state index in [2.05, 4.69) is 17.1 Å². The zero-order valence-electron chi connectivity index (χ0n) is 7.51. The third kappa shape index (κ3) is 0.973. The van der Waals surface area contributed by atoms with Crippen LogP contribution in [-0.2, 0) is 0 Å². The summed E-state index contributed by atoms with van der Waals surface area (Å²) in [4.78, 5) is 0.557. The molecule has 1 spiro atoms. The van der Waals surface area contributed by atoms with Gasteiger partial charge in [0, 0.05) is 0 Å². The van der Waals surface area contributed by atoms with Crippen LogP contribution < -0.4 is 5.32 Å². The highest BCUT2D eigenvalue weighted by Crippen LogP contribution is 2.56. The van der Waals surface area contributed by atoms with E-state index in [9.17, 15) is 0 Å². The molecule has 2 aliphatic carbocycles. The molecule has 3 unspecified atom stereocenters. The van der Waals surface area contributed by atoms with E-state index in [1.54, 1.807) is 0 Å². The highest BCUT2D eigenvalue weighted by Gasteiger charge is 2.51. The van der Waals surface area contributed by atoms with E-state index < -0.39 is 0 Å². The Labute approximate surface area is 78.7 Å². The maximum Gasteiger partial charge on any atom is 0.0676 e. The number of hydrogen-bond donors (Lipinski definition) is 1. The van der Waals surface area contributed by atoms with Gasteiger partial charge in [-0.25, -0.2) is 0 Å². The second-order valence-electron chi connectivity index (χ2n) is 4.60. The summed E-state index contributed by atoms with van der Waals surface area (Å²) in [5.41, 5.74) is 0. The summed E-state index contributed by atoms with van der Waals surface area (Å²) in [5.74, 6) is 3.50. The normalized spacial score (nSPS) is 52.0. The Bertz CT molecular complexity index is 186. The predicted octanol–water partition coefficient (Wildman–Crippen LogP) is 2.23. The van der Waals surface area contributed by atoms with Gasteiger partial charge in [0.1, 0.15) is 0 Å². The summed E-state index contributed by atoms with van der Waals surface area (Å²) in [5, 5.41) is 3.79. The van der Waals surface area contributed by atoms with Crippen LogP contribution in [0.4, 0.5) is 0 Å². The molecule has 1 aliphatic heterocycles. The molecule has 2 heteroatoms. The van der Waals surface area contributed by atoms with Crippen molar-refractivity contribution in [3.63, 3.8) is 0 Å². The summed E-state index contributed by atoms with van der Waals surface area (Å²) in [6.45, 7) is 1.27. The first-order chi connectivity index (χ1) is 5.89. The number of fused-ring (bicyclic) bond motifs is 3. The van der Waals surface area contributed by atoms with Crippen LogP contribution in [-0.4, -0.2) is 17.2 Å². The highest BCUT2D eigenvalue weighted by atomic mass is 32.2. The second-order valence-corrected chi connectivity index (χ2v) is 6.02. The van der Waals surface area contributed by atoms with Crippen LogP contribution in [0.2, 0.25) is 0 Å². The van der Waals surface area contributed by atoms with Gasteiger partial charge in [0.15, 0.2) is 0 Å². The van der Waals surface area contributed by atoms with Crippen LogP contribution in [0.3, 0.4) is 0 Å². The Morgan fingerprint density at radius 2 is 2.33 bits per heavy atom. The first kappa shape index (κ1) is 7.69. The van der Waals surface area contributed by atoms with E-state index >= 15 is 0 Å². The lowest BCUT2D eigenvalue weighted by Gasteiger charge is -2.41. The van der Waals surface area contributed by atoms with Crippen molar-refractivity contribution in [2.24, 2.45) is 11.8 Å². The first-order valence-corrected chi connectivity index (χ1v) is 6.27. The standard InChI is InChI=1S/C10H17NS/c1-4-11-10(12-5-1)7-8-2-3-9(10)6-8/h8-9,11H,1-7H2. The predicted molar refractivity (Wildman–Crippen MR) is 53.3 cm³/mol. The molecular formula is C10H17NS. The average Bonchev–Trinajstić information content (AvgIpc) is 2.65. The fourth-order valence-electron chi connectivity index (χ4n) is 3.35. The van der Waals surface area contributed by atoms with Crippen molar-refractivity contribution in [2.45, 2.75) is 37.0 Å².